The van der Waals surface area contributed by atoms with Crippen molar-refractivity contribution < 1.29 is 22.1 Å². The minimum absolute atomic E-state index is 0.367. The fourth-order valence-electron chi connectivity index (χ4n) is 1.16. The fraction of sp³-hybridized carbons (Fsp3) is 0.143. The van der Waals surface area contributed by atoms with Crippen molar-refractivity contribution in [2.75, 3.05) is 0 Å². The van der Waals surface area contributed by atoms with Gasteiger partial charge in [0.2, 0.25) is 5.69 Å². The van der Waals surface area contributed by atoms with Crippen molar-refractivity contribution in [3.63, 3.8) is 0 Å². The van der Waals surface area contributed by atoms with Crippen LogP contribution in [0.2, 0.25) is 0 Å². The molecule has 1 aromatic rings. The molecule has 7 nitrogen and oxygen atoms in total. The Morgan fingerprint density at radius 1 is 1.56 bits per heavy atom. The molecule has 0 unspecified atom stereocenters. The Hall–Kier alpha value is -1.86. The Morgan fingerprint density at radius 2 is 2.11 bits per heavy atom. The van der Waals surface area contributed by atoms with Crippen LogP contribution in [0.15, 0.2) is 11.1 Å². The average Bonchev–Trinajstić information content (AvgIpc) is 2.25. The lowest BCUT2D eigenvalue weighted by atomic mass is 10.2. The van der Waals surface area contributed by atoms with Crippen molar-refractivity contribution in [3.05, 3.63) is 27.6 Å². The Labute approximate surface area is 103 Å². The highest BCUT2D eigenvalue weighted by Gasteiger charge is 2.35. The molecule has 0 N–H and O–H groups in total. The van der Waals surface area contributed by atoms with Crippen LogP contribution in [0.25, 0.3) is 0 Å². The smallest absolute Gasteiger partial charge is 0.258 e. The van der Waals surface area contributed by atoms with Gasteiger partial charge in [-0.1, -0.05) is 0 Å². The van der Waals surface area contributed by atoms with Crippen molar-refractivity contribution in [3.8, 4) is 6.07 Å². The van der Waals surface area contributed by atoms with E-state index in [-0.39, 0.29) is 0 Å². The average molecular weight is 298 g/mol. The van der Waals surface area contributed by atoms with Gasteiger partial charge in [0.1, 0.15) is 6.07 Å². The monoisotopic (exact) mass is 297 g/mol. The second-order valence-electron chi connectivity index (χ2n) is 2.85. The molecule has 0 atom stereocenters. The van der Waals surface area contributed by atoms with E-state index in [2.05, 4.69) is 4.98 Å². The molecule has 96 valence electrons. The van der Waals surface area contributed by atoms with Gasteiger partial charge < -0.3 is 0 Å². The maximum absolute atomic E-state index is 12.6. The van der Waals surface area contributed by atoms with E-state index in [4.69, 9.17) is 15.9 Å². The van der Waals surface area contributed by atoms with E-state index in [1.165, 1.54) is 6.07 Å². The first-order valence-corrected chi connectivity index (χ1v) is 6.31. The number of rotatable bonds is 3. The Morgan fingerprint density at radius 3 is 2.44 bits per heavy atom. The molecule has 11 heteroatoms. The third-order valence-corrected chi connectivity index (χ3v) is 3.18. The summed E-state index contributed by atoms with van der Waals surface area (Å²) in [6.07, 6.45) is -2.97. The maximum Gasteiger partial charge on any atom is 0.325 e. The summed E-state index contributed by atoms with van der Waals surface area (Å²) in [7, 11) is 0.0559. The van der Waals surface area contributed by atoms with E-state index in [0.29, 0.717) is 6.20 Å². The van der Waals surface area contributed by atoms with Crippen LogP contribution in [-0.2, 0) is 9.05 Å². The SMILES string of the molecule is N#Cc1ncc(C(F)F)c(S(=O)(=O)Cl)c1[N+](=O)[O-]. The molecule has 0 aliphatic carbocycles. The van der Waals surface area contributed by atoms with Gasteiger partial charge in [-0.3, -0.25) is 10.1 Å². The second kappa shape index (κ2) is 4.79. The lowest BCUT2D eigenvalue weighted by Crippen LogP contribution is -2.08. The molecule has 0 spiro atoms. The number of pyridine rings is 1. The van der Waals surface area contributed by atoms with Crippen molar-refractivity contribution in [2.45, 2.75) is 11.3 Å². The van der Waals surface area contributed by atoms with E-state index < -0.39 is 42.2 Å². The minimum Gasteiger partial charge on any atom is -0.258 e. The van der Waals surface area contributed by atoms with Crippen LogP contribution in [-0.4, -0.2) is 18.3 Å². The van der Waals surface area contributed by atoms with Gasteiger partial charge in [0, 0.05) is 16.9 Å². The van der Waals surface area contributed by atoms with E-state index in [9.17, 15) is 27.3 Å². The number of halogens is 3. The number of nitriles is 1. The molecule has 0 aliphatic rings. The third kappa shape index (κ3) is 2.52. The summed E-state index contributed by atoms with van der Waals surface area (Å²) in [6.45, 7) is 0. The highest BCUT2D eigenvalue weighted by molar-refractivity contribution is 8.13. The highest BCUT2D eigenvalue weighted by atomic mass is 35.7. The van der Waals surface area contributed by atoms with Crippen molar-refractivity contribution in [1.82, 2.24) is 4.98 Å². The number of aromatic nitrogens is 1. The lowest BCUT2D eigenvalue weighted by Gasteiger charge is -2.06. The fourth-order valence-corrected chi connectivity index (χ4v) is 2.47. The van der Waals surface area contributed by atoms with Gasteiger partial charge in [-0.05, 0) is 0 Å². The van der Waals surface area contributed by atoms with E-state index in [1.807, 2.05) is 0 Å². The van der Waals surface area contributed by atoms with Crippen LogP contribution in [0, 0.1) is 21.4 Å². The molecule has 0 saturated carbocycles. The molecule has 1 aromatic heterocycles. The largest absolute Gasteiger partial charge is 0.325 e. The lowest BCUT2D eigenvalue weighted by molar-refractivity contribution is -0.388. The summed E-state index contributed by atoms with van der Waals surface area (Å²) in [4.78, 5) is 11.1. The quantitative estimate of drug-likeness (QED) is 0.477. The zero-order valence-corrected chi connectivity index (χ0v) is 9.74. The zero-order valence-electron chi connectivity index (χ0n) is 8.17. The highest BCUT2D eigenvalue weighted by Crippen LogP contribution is 2.36. The Balaban J connectivity index is 3.91. The normalized spacial score (nSPS) is 11.3. The van der Waals surface area contributed by atoms with Crippen LogP contribution in [0.5, 0.6) is 0 Å². The molecule has 1 rings (SSSR count). The standard InChI is InChI=1S/C7H2ClF2N3O4S/c8-18(16,17)6-3(7(9)10)2-12-4(1-11)5(6)13(14)15/h2,7H. The van der Waals surface area contributed by atoms with Gasteiger partial charge >= 0.3 is 5.69 Å². The predicted octanol–water partition coefficient (Wildman–Crippen LogP) is 1.73. The number of nitrogens with zero attached hydrogens (tertiary/aromatic N) is 3. The minimum atomic E-state index is -4.83. The zero-order chi connectivity index (χ0) is 14.1. The molecule has 0 bridgehead atoms. The first kappa shape index (κ1) is 14.2. The van der Waals surface area contributed by atoms with Gasteiger partial charge in [0.15, 0.2) is 4.90 Å². The maximum atomic E-state index is 12.6. The molecule has 0 radical (unpaired) electrons. The van der Waals surface area contributed by atoms with Gasteiger partial charge in [0.25, 0.3) is 15.5 Å². The molecule has 0 amide bonds. The van der Waals surface area contributed by atoms with Crippen LogP contribution in [0.3, 0.4) is 0 Å². The first-order valence-electron chi connectivity index (χ1n) is 4.00. The molecular weight excluding hydrogens is 296 g/mol. The summed E-state index contributed by atoms with van der Waals surface area (Å²) in [6, 6.07) is 1.23. The van der Waals surface area contributed by atoms with Crippen LogP contribution < -0.4 is 0 Å². The van der Waals surface area contributed by atoms with Gasteiger partial charge in [-0.2, -0.15) is 5.26 Å². The summed E-state index contributed by atoms with van der Waals surface area (Å²) >= 11 is 0. The van der Waals surface area contributed by atoms with E-state index >= 15 is 0 Å². The van der Waals surface area contributed by atoms with Gasteiger partial charge in [0.05, 0.1) is 10.5 Å². The summed E-state index contributed by atoms with van der Waals surface area (Å²) in [5.74, 6) is 0. The molecule has 0 fully saturated rings. The van der Waals surface area contributed by atoms with Crippen LogP contribution >= 0.6 is 10.7 Å². The Kier molecular flexibility index (Phi) is 3.78. The summed E-state index contributed by atoms with van der Waals surface area (Å²) in [5.41, 5.74) is -3.50. The second-order valence-corrected chi connectivity index (χ2v) is 5.35. The van der Waals surface area contributed by atoms with Crippen molar-refractivity contribution in [1.29, 1.82) is 5.26 Å². The van der Waals surface area contributed by atoms with Crippen LogP contribution in [0.4, 0.5) is 14.5 Å². The number of nitro groups is 1. The molecule has 0 saturated heterocycles. The third-order valence-electron chi connectivity index (χ3n) is 1.80. The number of alkyl halides is 2. The molecule has 0 aliphatic heterocycles. The number of hydrogen-bond acceptors (Lipinski definition) is 6. The van der Waals surface area contributed by atoms with Crippen molar-refractivity contribution in [2.24, 2.45) is 0 Å². The predicted molar refractivity (Wildman–Crippen MR) is 53.6 cm³/mol. The molecular formula is C7H2ClF2N3O4S. The molecule has 1 heterocycles. The Bertz CT molecular complexity index is 655. The first-order chi connectivity index (χ1) is 8.20. The van der Waals surface area contributed by atoms with Gasteiger partial charge in [-0.25, -0.2) is 22.2 Å². The number of hydrogen-bond donors (Lipinski definition) is 0. The summed E-state index contributed by atoms with van der Waals surface area (Å²) in [5, 5.41) is 19.2. The molecule has 0 aromatic carbocycles. The van der Waals surface area contributed by atoms with E-state index in [1.54, 1.807) is 0 Å². The topological polar surface area (TPSA) is 114 Å². The van der Waals surface area contributed by atoms with E-state index in [0.717, 1.165) is 0 Å². The van der Waals surface area contributed by atoms with Crippen LogP contribution in [0.1, 0.15) is 17.7 Å². The molecule has 18 heavy (non-hydrogen) atoms. The van der Waals surface area contributed by atoms with Gasteiger partial charge in [-0.15, -0.1) is 0 Å². The summed E-state index contributed by atoms with van der Waals surface area (Å²) < 4.78 is 47.4. The van der Waals surface area contributed by atoms with Crippen molar-refractivity contribution >= 4 is 25.4 Å².